The van der Waals surface area contributed by atoms with Crippen molar-refractivity contribution >= 4 is 24.1 Å². The Morgan fingerprint density at radius 1 is 0.659 bits per heavy atom. The molecule has 0 aromatic heterocycles. The predicted molar refractivity (Wildman–Crippen MR) is 169 cm³/mol. The molecule has 0 heterocycles. The summed E-state index contributed by atoms with van der Waals surface area (Å²) in [6.45, 7) is 2.65. The third kappa shape index (κ3) is 11.8. The standard InChI is InChI=1S/2C18H18O4/c1-13(15-5-3-2-4-6-15)12-22-18(21)10-8-14-7-9-16(19)17(20)11-14;19-16-10-8-15(13-17(16)20)9-11-18(21)22-12-4-7-14-5-2-1-3-6-14/h2-11,13,19-20H,12H2,1H3;1-3,5-6,8-11,13,19-20H,4,7,12H2/b10-8+;. The van der Waals surface area contributed by atoms with Crippen molar-refractivity contribution in [3.63, 3.8) is 0 Å². The monoisotopic (exact) mass is 596 g/mol. The van der Waals surface area contributed by atoms with E-state index >= 15 is 0 Å². The number of carbonyl (C=O) groups excluding carboxylic acids is 2. The van der Waals surface area contributed by atoms with Gasteiger partial charge in [-0.05, 0) is 71.5 Å². The summed E-state index contributed by atoms with van der Waals surface area (Å²) in [6.07, 6.45) is 7.28. The van der Waals surface area contributed by atoms with Gasteiger partial charge in [0.15, 0.2) is 23.0 Å². The molecule has 0 saturated heterocycles. The average Bonchev–Trinajstić information content (AvgIpc) is 3.04. The van der Waals surface area contributed by atoms with Gasteiger partial charge < -0.3 is 29.9 Å². The molecule has 8 heteroatoms. The van der Waals surface area contributed by atoms with Gasteiger partial charge in [-0.25, -0.2) is 9.59 Å². The fourth-order valence-corrected chi connectivity index (χ4v) is 3.89. The molecule has 0 spiro atoms. The number of carbonyl (C=O) groups is 2. The number of phenolic OH excluding ortho intramolecular Hbond substituents is 4. The molecule has 4 rings (SSSR count). The average molecular weight is 597 g/mol. The number of esters is 2. The van der Waals surface area contributed by atoms with Crippen molar-refractivity contribution < 1.29 is 39.5 Å². The molecule has 8 nitrogen and oxygen atoms in total. The van der Waals surface area contributed by atoms with Crippen molar-refractivity contribution in [3.05, 3.63) is 131 Å². The molecular weight excluding hydrogens is 560 g/mol. The maximum Gasteiger partial charge on any atom is 0.330 e. The normalized spacial score (nSPS) is 11.5. The van der Waals surface area contributed by atoms with Crippen molar-refractivity contribution in [3.8, 4) is 23.0 Å². The number of rotatable bonds is 11. The molecule has 0 aliphatic heterocycles. The highest BCUT2D eigenvalue weighted by molar-refractivity contribution is 5.87. The third-order valence-electron chi connectivity index (χ3n) is 6.36. The first kappa shape index (κ1) is 33.0. The molecule has 4 aromatic carbocycles. The zero-order valence-corrected chi connectivity index (χ0v) is 24.4. The predicted octanol–water partition coefficient (Wildman–Crippen LogP) is 6.74. The second kappa shape index (κ2) is 17.5. The van der Waals surface area contributed by atoms with Crippen molar-refractivity contribution in [2.45, 2.75) is 25.7 Å². The van der Waals surface area contributed by atoms with Gasteiger partial charge in [-0.1, -0.05) is 79.7 Å². The summed E-state index contributed by atoms with van der Waals surface area (Å²) < 4.78 is 10.3. The van der Waals surface area contributed by atoms with Gasteiger partial charge in [0.1, 0.15) is 0 Å². The third-order valence-corrected chi connectivity index (χ3v) is 6.36. The van der Waals surface area contributed by atoms with E-state index in [1.165, 1.54) is 54.1 Å². The van der Waals surface area contributed by atoms with Crippen LogP contribution in [0, 0.1) is 0 Å². The molecule has 1 atom stereocenters. The Kier molecular flexibility index (Phi) is 13.1. The Morgan fingerprint density at radius 2 is 1.16 bits per heavy atom. The van der Waals surface area contributed by atoms with Gasteiger partial charge in [0.25, 0.3) is 0 Å². The molecule has 228 valence electrons. The lowest BCUT2D eigenvalue weighted by molar-refractivity contribution is -0.138. The van der Waals surface area contributed by atoms with Crippen LogP contribution in [-0.4, -0.2) is 45.6 Å². The van der Waals surface area contributed by atoms with E-state index in [0.717, 1.165) is 18.4 Å². The lowest BCUT2D eigenvalue weighted by atomic mass is 10.0. The van der Waals surface area contributed by atoms with Crippen LogP contribution in [0.15, 0.2) is 109 Å². The van der Waals surface area contributed by atoms with Gasteiger partial charge in [-0.3, -0.25) is 0 Å². The highest BCUT2D eigenvalue weighted by atomic mass is 16.5. The molecule has 0 fully saturated rings. The second-order valence-corrected chi connectivity index (χ2v) is 9.86. The minimum Gasteiger partial charge on any atom is -0.504 e. The summed E-state index contributed by atoms with van der Waals surface area (Å²) in [5.74, 6) is -1.60. The number of benzene rings is 4. The second-order valence-electron chi connectivity index (χ2n) is 9.86. The van der Waals surface area contributed by atoms with Gasteiger partial charge in [0.2, 0.25) is 0 Å². The minimum absolute atomic E-state index is 0.122. The van der Waals surface area contributed by atoms with Crippen molar-refractivity contribution in [1.29, 1.82) is 0 Å². The van der Waals surface area contributed by atoms with Gasteiger partial charge in [0, 0.05) is 18.1 Å². The number of aryl methyl sites for hydroxylation is 1. The first-order valence-corrected chi connectivity index (χ1v) is 14.0. The maximum absolute atomic E-state index is 11.7. The van der Waals surface area contributed by atoms with Gasteiger partial charge in [-0.2, -0.15) is 0 Å². The van der Waals surface area contributed by atoms with Crippen LogP contribution < -0.4 is 0 Å². The Bertz CT molecular complexity index is 1550. The fraction of sp³-hybridized carbons (Fsp3) is 0.167. The molecule has 4 N–H and O–H groups in total. The zero-order valence-electron chi connectivity index (χ0n) is 24.4. The Morgan fingerprint density at radius 3 is 1.68 bits per heavy atom. The van der Waals surface area contributed by atoms with Crippen LogP contribution in [0.25, 0.3) is 12.2 Å². The highest BCUT2D eigenvalue weighted by Crippen LogP contribution is 2.26. The lowest BCUT2D eigenvalue weighted by Crippen LogP contribution is -2.08. The first-order valence-electron chi connectivity index (χ1n) is 14.0. The summed E-state index contributed by atoms with van der Waals surface area (Å²) in [5, 5.41) is 37.1. The molecule has 0 saturated carbocycles. The van der Waals surface area contributed by atoms with Crippen LogP contribution in [0.4, 0.5) is 0 Å². The number of aromatic hydroxyl groups is 4. The molecule has 44 heavy (non-hydrogen) atoms. The summed E-state index contributed by atoms with van der Waals surface area (Å²) in [7, 11) is 0. The van der Waals surface area contributed by atoms with E-state index in [4.69, 9.17) is 9.47 Å². The van der Waals surface area contributed by atoms with Crippen LogP contribution in [0.5, 0.6) is 23.0 Å². The summed E-state index contributed by atoms with van der Waals surface area (Å²) in [5.41, 5.74) is 3.54. The Labute approximate surface area is 256 Å². The molecule has 0 amide bonds. The quantitative estimate of drug-likeness (QED) is 0.0647. The van der Waals surface area contributed by atoms with E-state index in [-0.39, 0.29) is 28.9 Å². The van der Waals surface area contributed by atoms with E-state index in [2.05, 4.69) is 0 Å². The van der Waals surface area contributed by atoms with Gasteiger partial charge in [-0.15, -0.1) is 0 Å². The molecular formula is C36H36O8. The summed E-state index contributed by atoms with van der Waals surface area (Å²) >= 11 is 0. The van der Waals surface area contributed by atoms with Crippen LogP contribution in [0.2, 0.25) is 0 Å². The molecule has 1 unspecified atom stereocenters. The number of hydrogen-bond acceptors (Lipinski definition) is 8. The molecule has 0 radical (unpaired) electrons. The van der Waals surface area contributed by atoms with Crippen LogP contribution in [-0.2, 0) is 25.5 Å². The van der Waals surface area contributed by atoms with Crippen LogP contribution in [0.1, 0.15) is 41.5 Å². The lowest BCUT2D eigenvalue weighted by Gasteiger charge is -2.11. The van der Waals surface area contributed by atoms with E-state index in [1.54, 1.807) is 12.1 Å². The maximum atomic E-state index is 11.7. The van der Waals surface area contributed by atoms with E-state index < -0.39 is 11.9 Å². The smallest absolute Gasteiger partial charge is 0.330 e. The summed E-state index contributed by atoms with van der Waals surface area (Å²) in [4.78, 5) is 23.2. The number of ether oxygens (including phenoxy) is 2. The van der Waals surface area contributed by atoms with Gasteiger partial charge >= 0.3 is 11.9 Å². The SMILES string of the molecule is CC(COC(=O)/C=C/c1ccc(O)c(O)c1)c1ccccc1.O=C(C=Cc1ccc(O)c(O)c1)OCCCc1ccccc1. The van der Waals surface area contributed by atoms with E-state index in [1.807, 2.05) is 67.6 Å². The number of hydrogen-bond donors (Lipinski definition) is 4. The van der Waals surface area contributed by atoms with Crippen molar-refractivity contribution in [2.75, 3.05) is 13.2 Å². The van der Waals surface area contributed by atoms with Crippen molar-refractivity contribution in [2.24, 2.45) is 0 Å². The van der Waals surface area contributed by atoms with Crippen LogP contribution >= 0.6 is 0 Å². The first-order chi connectivity index (χ1) is 21.2. The molecule has 0 bridgehead atoms. The zero-order chi connectivity index (χ0) is 31.7. The van der Waals surface area contributed by atoms with E-state index in [0.29, 0.717) is 24.3 Å². The summed E-state index contributed by atoms with van der Waals surface area (Å²) in [6, 6.07) is 28.5. The highest BCUT2D eigenvalue weighted by Gasteiger charge is 2.07. The number of phenols is 4. The Balaban J connectivity index is 0.000000240. The van der Waals surface area contributed by atoms with Crippen LogP contribution in [0.3, 0.4) is 0 Å². The van der Waals surface area contributed by atoms with Crippen molar-refractivity contribution in [1.82, 2.24) is 0 Å². The molecule has 0 aliphatic rings. The molecule has 4 aromatic rings. The van der Waals surface area contributed by atoms with Gasteiger partial charge in [0.05, 0.1) is 13.2 Å². The largest absolute Gasteiger partial charge is 0.504 e. The Hall–Kier alpha value is -5.50. The minimum atomic E-state index is -0.449. The molecule has 0 aliphatic carbocycles. The van der Waals surface area contributed by atoms with E-state index in [9.17, 15) is 30.0 Å². The topological polar surface area (TPSA) is 134 Å². The fourth-order valence-electron chi connectivity index (χ4n) is 3.89.